The first-order valence-corrected chi connectivity index (χ1v) is 7.19. The minimum atomic E-state index is -0.857. The normalized spacial score (nSPS) is 17.3. The van der Waals surface area contributed by atoms with E-state index in [1.54, 1.807) is 13.0 Å². The van der Waals surface area contributed by atoms with Crippen molar-refractivity contribution >= 4 is 17.3 Å². The molecule has 1 fully saturated rings. The molecule has 21 heavy (non-hydrogen) atoms. The van der Waals surface area contributed by atoms with Crippen LogP contribution in [0.2, 0.25) is 0 Å². The summed E-state index contributed by atoms with van der Waals surface area (Å²) in [6.45, 7) is 3.50. The highest BCUT2D eigenvalue weighted by Crippen LogP contribution is 2.30. The van der Waals surface area contributed by atoms with E-state index < -0.39 is 10.5 Å². The quantitative estimate of drug-likeness (QED) is 0.660. The number of nitrogens with zero attached hydrogens (tertiary/aromatic N) is 1. The maximum absolute atomic E-state index is 12.4. The minimum Gasteiger partial charge on any atom is -0.324 e. The molecule has 0 bridgehead atoms. The zero-order valence-electron chi connectivity index (χ0n) is 12.4. The van der Waals surface area contributed by atoms with Gasteiger partial charge in [0.2, 0.25) is 5.91 Å². The Morgan fingerprint density at radius 3 is 2.43 bits per heavy atom. The number of benzene rings is 1. The van der Waals surface area contributed by atoms with Crippen molar-refractivity contribution in [1.29, 1.82) is 0 Å². The van der Waals surface area contributed by atoms with E-state index in [9.17, 15) is 14.9 Å². The molecule has 0 radical (unpaired) electrons. The summed E-state index contributed by atoms with van der Waals surface area (Å²) in [7, 11) is 0. The van der Waals surface area contributed by atoms with Crippen LogP contribution in [-0.2, 0) is 4.79 Å². The lowest BCUT2D eigenvalue weighted by Crippen LogP contribution is -2.52. The smallest absolute Gasteiger partial charge is 0.274 e. The van der Waals surface area contributed by atoms with E-state index >= 15 is 0 Å². The van der Waals surface area contributed by atoms with Crippen LogP contribution in [0.3, 0.4) is 0 Å². The van der Waals surface area contributed by atoms with Crippen LogP contribution in [-0.4, -0.2) is 16.4 Å². The van der Waals surface area contributed by atoms with Crippen LogP contribution in [0.15, 0.2) is 12.1 Å². The van der Waals surface area contributed by atoms with E-state index in [2.05, 4.69) is 5.32 Å². The van der Waals surface area contributed by atoms with Gasteiger partial charge < -0.3 is 11.1 Å². The van der Waals surface area contributed by atoms with Gasteiger partial charge in [-0.2, -0.15) is 0 Å². The van der Waals surface area contributed by atoms with Gasteiger partial charge in [-0.15, -0.1) is 0 Å². The van der Waals surface area contributed by atoms with Gasteiger partial charge >= 0.3 is 0 Å². The average Bonchev–Trinajstić information content (AvgIpc) is 2.42. The number of nitro benzene ring substituents is 1. The molecule has 0 heterocycles. The number of rotatable bonds is 3. The van der Waals surface area contributed by atoms with E-state index in [0.29, 0.717) is 24.1 Å². The number of hydrogen-bond donors (Lipinski definition) is 2. The second-order valence-electron chi connectivity index (χ2n) is 5.88. The van der Waals surface area contributed by atoms with Gasteiger partial charge in [-0.25, -0.2) is 0 Å². The number of nitro groups is 1. The van der Waals surface area contributed by atoms with Crippen LogP contribution in [0.1, 0.15) is 43.2 Å². The summed E-state index contributed by atoms with van der Waals surface area (Å²) >= 11 is 0. The van der Waals surface area contributed by atoms with Crippen LogP contribution in [0.5, 0.6) is 0 Å². The van der Waals surface area contributed by atoms with Crippen LogP contribution in [0, 0.1) is 24.0 Å². The van der Waals surface area contributed by atoms with E-state index in [4.69, 9.17) is 5.73 Å². The first-order chi connectivity index (χ1) is 9.83. The summed E-state index contributed by atoms with van der Waals surface area (Å²) in [5, 5.41) is 13.8. The summed E-state index contributed by atoms with van der Waals surface area (Å²) in [5.74, 6) is -0.247. The Bertz CT molecular complexity index is 578. The van der Waals surface area contributed by atoms with Crippen molar-refractivity contribution in [2.24, 2.45) is 5.73 Å². The third-order valence-electron chi connectivity index (χ3n) is 4.19. The summed E-state index contributed by atoms with van der Waals surface area (Å²) in [6, 6.07) is 3.12. The number of aryl methyl sites for hydroxylation is 2. The lowest BCUT2D eigenvalue weighted by atomic mass is 9.82. The van der Waals surface area contributed by atoms with Gasteiger partial charge in [0.1, 0.15) is 0 Å². The second kappa shape index (κ2) is 5.81. The summed E-state index contributed by atoms with van der Waals surface area (Å²) in [4.78, 5) is 23.0. The van der Waals surface area contributed by atoms with Crippen molar-refractivity contribution in [3.63, 3.8) is 0 Å². The first-order valence-electron chi connectivity index (χ1n) is 7.19. The number of nitrogens with one attached hydrogen (secondary N) is 1. The predicted molar refractivity (Wildman–Crippen MR) is 81.2 cm³/mol. The number of carbonyl (C=O) groups is 1. The Morgan fingerprint density at radius 1 is 1.24 bits per heavy atom. The third-order valence-corrected chi connectivity index (χ3v) is 4.19. The molecule has 1 aromatic carbocycles. The molecule has 1 saturated carbocycles. The highest BCUT2D eigenvalue weighted by atomic mass is 16.6. The Morgan fingerprint density at radius 2 is 1.86 bits per heavy atom. The van der Waals surface area contributed by atoms with Crippen molar-refractivity contribution in [2.75, 3.05) is 5.32 Å². The van der Waals surface area contributed by atoms with Gasteiger partial charge in [-0.1, -0.05) is 19.3 Å². The van der Waals surface area contributed by atoms with Gasteiger partial charge in [0.25, 0.3) is 5.69 Å². The average molecular weight is 291 g/mol. The molecule has 1 amide bonds. The van der Waals surface area contributed by atoms with Crippen LogP contribution in [0.4, 0.5) is 11.4 Å². The Balaban J connectivity index is 2.24. The minimum absolute atomic E-state index is 0.00520. The van der Waals surface area contributed by atoms with Gasteiger partial charge in [0.15, 0.2) is 0 Å². The first kappa shape index (κ1) is 15.4. The maximum atomic E-state index is 12.4. The SMILES string of the molecule is Cc1cc(C)c([N+](=O)[O-])cc1NC(=O)C1(N)CCCCC1. The number of nitrogens with two attached hydrogens (primary N) is 1. The molecule has 114 valence electrons. The Labute approximate surface area is 123 Å². The van der Waals surface area contributed by atoms with E-state index in [-0.39, 0.29) is 11.6 Å². The lowest BCUT2D eigenvalue weighted by molar-refractivity contribution is -0.385. The number of hydrogen-bond acceptors (Lipinski definition) is 4. The van der Waals surface area contributed by atoms with Gasteiger partial charge in [0, 0.05) is 11.6 Å². The molecule has 1 aromatic rings. The van der Waals surface area contributed by atoms with Crippen molar-refractivity contribution in [3.8, 4) is 0 Å². The Hall–Kier alpha value is -1.95. The summed E-state index contributed by atoms with van der Waals surface area (Å²) in [6.07, 6.45) is 4.30. The fraction of sp³-hybridized carbons (Fsp3) is 0.533. The zero-order chi connectivity index (χ0) is 15.6. The molecule has 3 N–H and O–H groups in total. The highest BCUT2D eigenvalue weighted by molar-refractivity contribution is 5.98. The number of carbonyl (C=O) groups excluding carboxylic acids is 1. The lowest BCUT2D eigenvalue weighted by Gasteiger charge is -2.32. The molecular formula is C15H21N3O3. The fourth-order valence-corrected chi connectivity index (χ4v) is 2.83. The molecule has 6 heteroatoms. The van der Waals surface area contributed by atoms with Crippen LogP contribution >= 0.6 is 0 Å². The molecular weight excluding hydrogens is 270 g/mol. The van der Waals surface area contributed by atoms with E-state index in [0.717, 1.165) is 24.8 Å². The van der Waals surface area contributed by atoms with E-state index in [1.807, 2.05) is 6.92 Å². The maximum Gasteiger partial charge on any atom is 0.274 e. The molecule has 1 aliphatic carbocycles. The highest BCUT2D eigenvalue weighted by Gasteiger charge is 2.35. The van der Waals surface area contributed by atoms with Crippen molar-refractivity contribution in [3.05, 3.63) is 33.4 Å². The molecule has 0 unspecified atom stereocenters. The molecule has 0 atom stereocenters. The van der Waals surface area contributed by atoms with Gasteiger partial charge in [0.05, 0.1) is 16.1 Å². The van der Waals surface area contributed by atoms with Crippen molar-refractivity contribution in [1.82, 2.24) is 0 Å². The zero-order valence-corrected chi connectivity index (χ0v) is 12.4. The molecule has 6 nitrogen and oxygen atoms in total. The predicted octanol–water partition coefficient (Wildman–Crippen LogP) is 2.81. The second-order valence-corrected chi connectivity index (χ2v) is 5.88. The molecule has 0 aliphatic heterocycles. The fourth-order valence-electron chi connectivity index (χ4n) is 2.83. The molecule has 0 aromatic heterocycles. The number of amides is 1. The van der Waals surface area contributed by atoms with Gasteiger partial charge in [-0.3, -0.25) is 14.9 Å². The molecule has 1 aliphatic rings. The Kier molecular flexibility index (Phi) is 4.27. The largest absolute Gasteiger partial charge is 0.324 e. The van der Waals surface area contributed by atoms with Crippen LogP contribution in [0.25, 0.3) is 0 Å². The number of anilines is 1. The van der Waals surface area contributed by atoms with Crippen LogP contribution < -0.4 is 11.1 Å². The van der Waals surface area contributed by atoms with Gasteiger partial charge in [-0.05, 0) is 38.3 Å². The monoisotopic (exact) mass is 291 g/mol. The van der Waals surface area contributed by atoms with E-state index in [1.165, 1.54) is 6.07 Å². The molecule has 0 spiro atoms. The summed E-state index contributed by atoms with van der Waals surface area (Å²) < 4.78 is 0. The molecule has 0 saturated heterocycles. The summed E-state index contributed by atoms with van der Waals surface area (Å²) in [5.41, 5.74) is 7.17. The van der Waals surface area contributed by atoms with Crippen molar-refractivity contribution < 1.29 is 9.72 Å². The van der Waals surface area contributed by atoms with Crippen molar-refractivity contribution in [2.45, 2.75) is 51.5 Å². The third kappa shape index (κ3) is 3.21. The topological polar surface area (TPSA) is 98.3 Å². The standard InChI is InChI=1S/C15H21N3O3/c1-10-8-11(2)13(18(20)21)9-12(10)17-14(19)15(16)6-4-3-5-7-15/h8-9H,3-7,16H2,1-2H3,(H,17,19). The molecule has 2 rings (SSSR count).